The Morgan fingerprint density at radius 2 is 2.12 bits per heavy atom. The van der Waals surface area contributed by atoms with E-state index in [1.807, 2.05) is 0 Å². The van der Waals surface area contributed by atoms with Crippen LogP contribution in [0.2, 0.25) is 0 Å². The second-order valence-corrected chi connectivity index (χ2v) is 6.11. The predicted octanol–water partition coefficient (Wildman–Crippen LogP) is 2.69. The molecule has 3 rings (SSSR count). The van der Waals surface area contributed by atoms with E-state index in [1.165, 1.54) is 12.1 Å². The van der Waals surface area contributed by atoms with Crippen LogP contribution in [-0.4, -0.2) is 40.6 Å². The van der Waals surface area contributed by atoms with Crippen molar-refractivity contribution < 1.29 is 18.4 Å². The Kier molecular flexibility index (Phi) is 5.75. The van der Waals surface area contributed by atoms with Gasteiger partial charge in [-0.2, -0.15) is 4.98 Å². The van der Waals surface area contributed by atoms with Gasteiger partial charge < -0.3 is 14.2 Å². The highest BCUT2D eigenvalue weighted by Crippen LogP contribution is 2.23. The molecule has 0 radical (unpaired) electrons. The van der Waals surface area contributed by atoms with Gasteiger partial charge in [0, 0.05) is 25.8 Å². The normalized spacial score (nSPS) is 17.7. The number of amides is 1. The molecule has 2 heterocycles. The maximum absolute atomic E-state index is 13.0. The van der Waals surface area contributed by atoms with E-state index in [-0.39, 0.29) is 17.8 Å². The molecular formula is C18H22FN3O3. The van der Waals surface area contributed by atoms with Crippen molar-refractivity contribution in [3.05, 3.63) is 47.4 Å². The number of halogens is 1. The molecule has 0 aliphatic carbocycles. The zero-order valence-electron chi connectivity index (χ0n) is 14.3. The largest absolute Gasteiger partial charge is 0.370 e. The van der Waals surface area contributed by atoms with Crippen LogP contribution in [0.5, 0.6) is 0 Å². The highest BCUT2D eigenvalue weighted by atomic mass is 19.1. The Balaban J connectivity index is 1.53. The molecule has 1 aromatic carbocycles. The Hall–Kier alpha value is -2.28. The Labute approximate surface area is 146 Å². The molecule has 1 saturated heterocycles. The number of benzene rings is 1. The van der Waals surface area contributed by atoms with E-state index in [0.29, 0.717) is 44.3 Å². The molecule has 1 fully saturated rings. The zero-order valence-corrected chi connectivity index (χ0v) is 14.3. The minimum Gasteiger partial charge on any atom is -0.370 e. The zero-order chi connectivity index (χ0) is 17.6. The molecule has 6 nitrogen and oxygen atoms in total. The number of hydrogen-bond acceptors (Lipinski definition) is 5. The number of ether oxygens (including phenoxy) is 1. The second kappa shape index (κ2) is 8.20. The molecule has 2 aromatic rings. The lowest BCUT2D eigenvalue weighted by Gasteiger charge is -2.33. The molecule has 1 amide bonds. The summed E-state index contributed by atoms with van der Waals surface area (Å²) in [6.45, 7) is 3.54. The van der Waals surface area contributed by atoms with Crippen LogP contribution in [0.1, 0.15) is 43.1 Å². The topological polar surface area (TPSA) is 68.5 Å². The van der Waals surface area contributed by atoms with Gasteiger partial charge in [-0.1, -0.05) is 24.2 Å². The van der Waals surface area contributed by atoms with E-state index in [4.69, 9.17) is 9.26 Å². The Bertz CT molecular complexity index is 702. The van der Waals surface area contributed by atoms with Crippen molar-refractivity contribution in [1.82, 2.24) is 15.0 Å². The highest BCUT2D eigenvalue weighted by Gasteiger charge is 2.25. The molecule has 25 heavy (non-hydrogen) atoms. The van der Waals surface area contributed by atoms with Gasteiger partial charge in [-0.05, 0) is 24.1 Å². The molecule has 0 saturated carbocycles. The fourth-order valence-corrected chi connectivity index (χ4v) is 2.84. The number of hydrogen-bond donors (Lipinski definition) is 0. The van der Waals surface area contributed by atoms with Gasteiger partial charge >= 0.3 is 0 Å². The number of aromatic nitrogens is 2. The summed E-state index contributed by atoms with van der Waals surface area (Å²) >= 11 is 0. The number of aryl methyl sites for hydroxylation is 2. The predicted molar refractivity (Wildman–Crippen MR) is 88.3 cm³/mol. The first-order chi connectivity index (χ1) is 12.2. The molecule has 0 bridgehead atoms. The van der Waals surface area contributed by atoms with E-state index in [1.54, 1.807) is 17.0 Å². The number of rotatable bonds is 6. The SMILES string of the molecule is CCCc1noc(CCC(=O)N2CCOC(c3ccc(F)cc3)C2)n1. The van der Waals surface area contributed by atoms with Crippen molar-refractivity contribution in [2.75, 3.05) is 19.7 Å². The van der Waals surface area contributed by atoms with Crippen LogP contribution < -0.4 is 0 Å². The maximum Gasteiger partial charge on any atom is 0.227 e. The van der Waals surface area contributed by atoms with Gasteiger partial charge in [-0.15, -0.1) is 0 Å². The quantitative estimate of drug-likeness (QED) is 0.804. The van der Waals surface area contributed by atoms with Crippen molar-refractivity contribution >= 4 is 5.91 Å². The molecule has 1 unspecified atom stereocenters. The van der Waals surface area contributed by atoms with E-state index in [2.05, 4.69) is 17.1 Å². The third-order valence-corrected chi connectivity index (χ3v) is 4.20. The maximum atomic E-state index is 13.0. The van der Waals surface area contributed by atoms with Crippen LogP contribution >= 0.6 is 0 Å². The van der Waals surface area contributed by atoms with E-state index in [9.17, 15) is 9.18 Å². The first-order valence-corrected chi connectivity index (χ1v) is 8.62. The minimum atomic E-state index is -0.283. The average Bonchev–Trinajstić information content (AvgIpc) is 3.08. The third-order valence-electron chi connectivity index (χ3n) is 4.20. The standard InChI is InChI=1S/C18H22FN3O3/c1-2-3-16-20-17(25-21-16)8-9-18(23)22-10-11-24-15(12-22)13-4-6-14(19)7-5-13/h4-7,15H,2-3,8-12H2,1H3. The molecular weight excluding hydrogens is 325 g/mol. The fourth-order valence-electron chi connectivity index (χ4n) is 2.84. The number of nitrogens with zero attached hydrogens (tertiary/aromatic N) is 3. The molecule has 1 aliphatic heterocycles. The summed E-state index contributed by atoms with van der Waals surface area (Å²) in [6, 6.07) is 6.20. The van der Waals surface area contributed by atoms with Crippen molar-refractivity contribution in [2.24, 2.45) is 0 Å². The smallest absolute Gasteiger partial charge is 0.227 e. The Morgan fingerprint density at radius 1 is 1.32 bits per heavy atom. The monoisotopic (exact) mass is 347 g/mol. The summed E-state index contributed by atoms with van der Waals surface area (Å²) in [7, 11) is 0. The summed E-state index contributed by atoms with van der Waals surface area (Å²) in [4.78, 5) is 18.5. The lowest BCUT2D eigenvalue weighted by molar-refractivity contribution is -0.139. The number of morpholine rings is 1. The number of carbonyl (C=O) groups excluding carboxylic acids is 1. The van der Waals surface area contributed by atoms with Crippen LogP contribution in [0.25, 0.3) is 0 Å². The second-order valence-electron chi connectivity index (χ2n) is 6.11. The summed E-state index contributed by atoms with van der Waals surface area (Å²) in [6.07, 6.45) is 2.27. The van der Waals surface area contributed by atoms with Crippen molar-refractivity contribution in [2.45, 2.75) is 38.7 Å². The van der Waals surface area contributed by atoms with Crippen LogP contribution in [0, 0.1) is 5.82 Å². The van der Waals surface area contributed by atoms with Gasteiger partial charge in [0.2, 0.25) is 11.8 Å². The third kappa shape index (κ3) is 4.63. The van der Waals surface area contributed by atoms with Gasteiger partial charge in [-0.3, -0.25) is 4.79 Å². The van der Waals surface area contributed by atoms with E-state index < -0.39 is 0 Å². The first-order valence-electron chi connectivity index (χ1n) is 8.62. The van der Waals surface area contributed by atoms with Gasteiger partial charge in [0.15, 0.2) is 5.82 Å². The molecule has 0 spiro atoms. The van der Waals surface area contributed by atoms with Crippen LogP contribution in [0.15, 0.2) is 28.8 Å². The fraction of sp³-hybridized carbons (Fsp3) is 0.500. The van der Waals surface area contributed by atoms with Crippen LogP contribution in [0.3, 0.4) is 0 Å². The Morgan fingerprint density at radius 3 is 2.88 bits per heavy atom. The first kappa shape index (κ1) is 17.5. The summed E-state index contributed by atoms with van der Waals surface area (Å²) in [5.74, 6) is 0.938. The lowest BCUT2D eigenvalue weighted by Crippen LogP contribution is -2.42. The summed E-state index contributed by atoms with van der Waals surface area (Å²) < 4.78 is 23.9. The van der Waals surface area contributed by atoms with Gasteiger partial charge in [-0.25, -0.2) is 4.39 Å². The molecule has 134 valence electrons. The van der Waals surface area contributed by atoms with Crippen molar-refractivity contribution in [1.29, 1.82) is 0 Å². The average molecular weight is 347 g/mol. The van der Waals surface area contributed by atoms with Gasteiger partial charge in [0.25, 0.3) is 0 Å². The lowest BCUT2D eigenvalue weighted by atomic mass is 10.1. The number of carbonyl (C=O) groups is 1. The van der Waals surface area contributed by atoms with E-state index >= 15 is 0 Å². The molecule has 1 aliphatic rings. The highest BCUT2D eigenvalue weighted by molar-refractivity contribution is 5.76. The molecule has 0 N–H and O–H groups in total. The van der Waals surface area contributed by atoms with Crippen LogP contribution in [0.4, 0.5) is 4.39 Å². The van der Waals surface area contributed by atoms with Crippen molar-refractivity contribution in [3.63, 3.8) is 0 Å². The van der Waals surface area contributed by atoms with Gasteiger partial charge in [0.05, 0.1) is 13.2 Å². The van der Waals surface area contributed by atoms with E-state index in [0.717, 1.165) is 18.4 Å². The summed E-state index contributed by atoms with van der Waals surface area (Å²) in [5.41, 5.74) is 0.875. The van der Waals surface area contributed by atoms with Crippen molar-refractivity contribution in [3.8, 4) is 0 Å². The summed E-state index contributed by atoms with van der Waals surface area (Å²) in [5, 5.41) is 3.89. The van der Waals surface area contributed by atoms with Crippen LogP contribution in [-0.2, 0) is 22.4 Å². The molecule has 7 heteroatoms. The van der Waals surface area contributed by atoms with Gasteiger partial charge in [0.1, 0.15) is 11.9 Å². The molecule has 1 atom stereocenters. The molecule has 1 aromatic heterocycles. The minimum absolute atomic E-state index is 0.0330.